The Hall–Kier alpha value is -1.29. The molecular weight excluding hydrogens is 194 g/mol. The molecule has 1 saturated carbocycles. The maximum absolute atomic E-state index is 9.54. The van der Waals surface area contributed by atoms with Gasteiger partial charge in [0.25, 0.3) is 0 Å². The molecule has 1 fully saturated rings. The molecule has 0 spiro atoms. The van der Waals surface area contributed by atoms with Gasteiger partial charge in [0.15, 0.2) is 0 Å². The number of nitrogens with zero attached hydrogens (tertiary/aromatic N) is 1. The van der Waals surface area contributed by atoms with Crippen LogP contribution in [0.3, 0.4) is 0 Å². The predicted octanol–water partition coefficient (Wildman–Crippen LogP) is 4.05. The maximum Gasteiger partial charge on any atom is 0.0822 e. The molecule has 2 rings (SSSR count). The van der Waals surface area contributed by atoms with Crippen LogP contribution in [-0.2, 0) is 5.41 Å². The minimum atomic E-state index is -0.290. The van der Waals surface area contributed by atoms with Crippen molar-refractivity contribution in [2.24, 2.45) is 5.92 Å². The standard InChI is InChI=1S/C15H19N/c1-15(12-16,13-8-4-2-5-9-13)14-10-6-3-7-11-14/h2,4-5,8-9,14H,3,6-7,10-11H2,1H3/t15-/m0/s1. The Labute approximate surface area is 98.1 Å². The fraction of sp³-hybridized carbons (Fsp3) is 0.533. The van der Waals surface area contributed by atoms with Gasteiger partial charge in [-0.1, -0.05) is 49.6 Å². The first kappa shape index (κ1) is 11.2. The van der Waals surface area contributed by atoms with E-state index in [0.29, 0.717) is 5.92 Å². The summed E-state index contributed by atoms with van der Waals surface area (Å²) in [5.74, 6) is 0.536. The van der Waals surface area contributed by atoms with Crippen molar-refractivity contribution in [1.82, 2.24) is 0 Å². The summed E-state index contributed by atoms with van der Waals surface area (Å²) in [5, 5.41) is 9.54. The van der Waals surface area contributed by atoms with Crippen LogP contribution in [0, 0.1) is 17.2 Å². The minimum Gasteiger partial charge on any atom is -0.197 e. The third-order valence-corrected chi connectivity index (χ3v) is 4.03. The van der Waals surface area contributed by atoms with E-state index in [0.717, 1.165) is 0 Å². The first-order valence-electron chi connectivity index (χ1n) is 6.24. The molecule has 1 atom stereocenters. The SMILES string of the molecule is C[C@](C#N)(c1ccccc1)C1CCCCC1. The van der Waals surface area contributed by atoms with Crippen LogP contribution in [0.15, 0.2) is 30.3 Å². The lowest BCUT2D eigenvalue weighted by Gasteiger charge is -2.34. The van der Waals surface area contributed by atoms with E-state index in [-0.39, 0.29) is 5.41 Å². The van der Waals surface area contributed by atoms with Gasteiger partial charge in [0.2, 0.25) is 0 Å². The molecule has 0 bridgehead atoms. The van der Waals surface area contributed by atoms with Gasteiger partial charge in [-0.25, -0.2) is 0 Å². The van der Waals surface area contributed by atoms with Crippen LogP contribution in [0.2, 0.25) is 0 Å². The summed E-state index contributed by atoms with van der Waals surface area (Å²) >= 11 is 0. The molecule has 0 aromatic heterocycles. The molecule has 0 N–H and O–H groups in total. The summed E-state index contributed by atoms with van der Waals surface area (Å²) in [4.78, 5) is 0. The van der Waals surface area contributed by atoms with E-state index in [1.807, 2.05) is 18.2 Å². The molecule has 84 valence electrons. The zero-order valence-electron chi connectivity index (χ0n) is 9.95. The van der Waals surface area contributed by atoms with Gasteiger partial charge >= 0.3 is 0 Å². The molecule has 16 heavy (non-hydrogen) atoms. The first-order chi connectivity index (χ1) is 7.77. The second-order valence-corrected chi connectivity index (χ2v) is 5.02. The first-order valence-corrected chi connectivity index (χ1v) is 6.24. The molecule has 1 aromatic carbocycles. The Morgan fingerprint density at radius 2 is 1.75 bits per heavy atom. The van der Waals surface area contributed by atoms with Gasteiger partial charge in [0, 0.05) is 0 Å². The molecule has 1 aliphatic carbocycles. The summed E-state index contributed by atoms with van der Waals surface area (Å²) in [6.07, 6.45) is 6.33. The summed E-state index contributed by atoms with van der Waals surface area (Å²) < 4.78 is 0. The van der Waals surface area contributed by atoms with E-state index < -0.39 is 0 Å². The molecular formula is C15H19N. The highest BCUT2D eigenvalue weighted by atomic mass is 14.4. The van der Waals surface area contributed by atoms with E-state index in [2.05, 4.69) is 25.1 Å². The molecule has 1 aliphatic rings. The molecule has 0 radical (unpaired) electrons. The zero-order valence-corrected chi connectivity index (χ0v) is 9.95. The smallest absolute Gasteiger partial charge is 0.0822 e. The minimum absolute atomic E-state index is 0.290. The van der Waals surface area contributed by atoms with Crippen molar-refractivity contribution in [3.63, 3.8) is 0 Å². The van der Waals surface area contributed by atoms with Crippen LogP contribution >= 0.6 is 0 Å². The van der Waals surface area contributed by atoms with E-state index in [4.69, 9.17) is 0 Å². The van der Waals surface area contributed by atoms with Gasteiger partial charge in [0.05, 0.1) is 11.5 Å². The average molecular weight is 213 g/mol. The third kappa shape index (κ3) is 1.97. The van der Waals surface area contributed by atoms with Crippen molar-refractivity contribution in [3.8, 4) is 6.07 Å². The Bertz CT molecular complexity index is 370. The lowest BCUT2D eigenvalue weighted by Crippen LogP contribution is -2.32. The number of hydrogen-bond donors (Lipinski definition) is 0. The normalized spacial score (nSPS) is 21.0. The van der Waals surface area contributed by atoms with Gasteiger partial charge < -0.3 is 0 Å². The summed E-state index contributed by atoms with van der Waals surface area (Å²) in [5.41, 5.74) is 0.895. The largest absolute Gasteiger partial charge is 0.197 e. The average Bonchev–Trinajstić information content (AvgIpc) is 2.40. The molecule has 0 saturated heterocycles. The number of rotatable bonds is 2. The van der Waals surface area contributed by atoms with Crippen LogP contribution < -0.4 is 0 Å². The van der Waals surface area contributed by atoms with Crippen molar-refractivity contribution in [1.29, 1.82) is 5.26 Å². The summed E-state index contributed by atoms with van der Waals surface area (Å²) in [6, 6.07) is 12.8. The third-order valence-electron chi connectivity index (χ3n) is 4.03. The highest BCUT2D eigenvalue weighted by molar-refractivity contribution is 5.32. The van der Waals surface area contributed by atoms with E-state index >= 15 is 0 Å². The van der Waals surface area contributed by atoms with Crippen LogP contribution in [0.25, 0.3) is 0 Å². The molecule has 1 nitrogen and oxygen atoms in total. The quantitative estimate of drug-likeness (QED) is 0.727. The van der Waals surface area contributed by atoms with Crippen molar-refractivity contribution in [3.05, 3.63) is 35.9 Å². The lowest BCUT2D eigenvalue weighted by atomic mass is 9.67. The fourth-order valence-corrected chi connectivity index (χ4v) is 2.86. The topological polar surface area (TPSA) is 23.8 Å². The van der Waals surface area contributed by atoms with Crippen LogP contribution in [0.5, 0.6) is 0 Å². The number of hydrogen-bond acceptors (Lipinski definition) is 1. The molecule has 1 heteroatoms. The predicted molar refractivity (Wildman–Crippen MR) is 66.0 cm³/mol. The second kappa shape index (κ2) is 4.70. The Morgan fingerprint density at radius 1 is 1.12 bits per heavy atom. The Kier molecular flexibility index (Phi) is 3.29. The molecule has 0 amide bonds. The van der Waals surface area contributed by atoms with Gasteiger partial charge in [0.1, 0.15) is 0 Å². The number of nitriles is 1. The second-order valence-electron chi connectivity index (χ2n) is 5.02. The highest BCUT2D eigenvalue weighted by Gasteiger charge is 2.36. The van der Waals surface area contributed by atoms with Gasteiger partial charge in [-0.2, -0.15) is 5.26 Å². The summed E-state index contributed by atoms with van der Waals surface area (Å²) in [7, 11) is 0. The fourth-order valence-electron chi connectivity index (χ4n) is 2.86. The van der Waals surface area contributed by atoms with Gasteiger partial charge in [-0.05, 0) is 31.2 Å². The number of benzene rings is 1. The summed E-state index contributed by atoms with van der Waals surface area (Å²) in [6.45, 7) is 2.11. The van der Waals surface area contributed by atoms with Crippen molar-refractivity contribution in [2.45, 2.75) is 44.4 Å². The van der Waals surface area contributed by atoms with E-state index in [9.17, 15) is 5.26 Å². The molecule has 0 aliphatic heterocycles. The molecule has 1 aromatic rings. The van der Waals surface area contributed by atoms with Crippen LogP contribution in [0.1, 0.15) is 44.6 Å². The maximum atomic E-state index is 9.54. The van der Waals surface area contributed by atoms with Crippen molar-refractivity contribution in [2.75, 3.05) is 0 Å². The van der Waals surface area contributed by atoms with Crippen LogP contribution in [0.4, 0.5) is 0 Å². The van der Waals surface area contributed by atoms with Gasteiger partial charge in [-0.3, -0.25) is 0 Å². The van der Waals surface area contributed by atoms with Gasteiger partial charge in [-0.15, -0.1) is 0 Å². The monoisotopic (exact) mass is 213 g/mol. The Balaban J connectivity index is 2.29. The highest BCUT2D eigenvalue weighted by Crippen LogP contribution is 2.40. The van der Waals surface area contributed by atoms with E-state index in [1.54, 1.807) is 0 Å². The molecule has 0 heterocycles. The van der Waals surface area contributed by atoms with Crippen molar-refractivity contribution >= 4 is 0 Å². The zero-order chi connectivity index (χ0) is 11.4. The van der Waals surface area contributed by atoms with Crippen LogP contribution in [-0.4, -0.2) is 0 Å². The van der Waals surface area contributed by atoms with Crippen molar-refractivity contribution < 1.29 is 0 Å². The molecule has 0 unspecified atom stereocenters. The van der Waals surface area contributed by atoms with E-state index in [1.165, 1.54) is 37.7 Å². The Morgan fingerprint density at radius 3 is 2.31 bits per heavy atom. The lowest BCUT2D eigenvalue weighted by molar-refractivity contribution is 0.267.